The lowest BCUT2D eigenvalue weighted by molar-refractivity contribution is 0.0255. The van der Waals surface area contributed by atoms with Crippen molar-refractivity contribution in [3.05, 3.63) is 0 Å². The number of likely N-dealkylation sites (tertiary alicyclic amines) is 1. The molecule has 0 aliphatic carbocycles. The Bertz CT molecular complexity index is 274. The molecule has 0 aromatic carbocycles. The Hall–Kier alpha value is -0.810. The number of amides is 1. The van der Waals surface area contributed by atoms with Crippen LogP contribution in [-0.2, 0) is 4.74 Å². The van der Waals surface area contributed by atoms with Gasteiger partial charge in [0.15, 0.2) is 0 Å². The molecule has 1 unspecified atom stereocenters. The first-order chi connectivity index (χ1) is 8.28. The third kappa shape index (κ3) is 5.69. The van der Waals surface area contributed by atoms with E-state index in [2.05, 4.69) is 5.43 Å². The minimum atomic E-state index is -0.412. The van der Waals surface area contributed by atoms with Crippen LogP contribution in [0.25, 0.3) is 0 Å². The number of rotatable bonds is 2. The summed E-state index contributed by atoms with van der Waals surface area (Å²) in [6.45, 7) is 7.26. The molecule has 106 valence electrons. The molecule has 1 aliphatic rings. The molecule has 0 aromatic rings. The van der Waals surface area contributed by atoms with Crippen molar-refractivity contribution in [2.45, 2.75) is 51.7 Å². The van der Waals surface area contributed by atoms with Gasteiger partial charge in [0.25, 0.3) is 0 Å². The van der Waals surface area contributed by atoms with Crippen LogP contribution in [-0.4, -0.2) is 54.8 Å². The van der Waals surface area contributed by atoms with Crippen LogP contribution in [0.2, 0.25) is 0 Å². The number of carbonyl (C=O) groups is 1. The first kappa shape index (κ1) is 15.2. The zero-order chi connectivity index (χ0) is 13.8. The fourth-order valence-electron chi connectivity index (χ4n) is 2.10. The van der Waals surface area contributed by atoms with E-state index in [4.69, 9.17) is 4.74 Å². The van der Waals surface area contributed by atoms with Crippen LogP contribution < -0.4 is 5.43 Å². The largest absolute Gasteiger partial charge is 0.444 e. The van der Waals surface area contributed by atoms with Gasteiger partial charge in [0.1, 0.15) is 5.60 Å². The predicted octanol–water partition coefficient (Wildman–Crippen LogP) is 1.84. The third-order valence-corrected chi connectivity index (χ3v) is 2.82. The minimum Gasteiger partial charge on any atom is -0.444 e. The van der Waals surface area contributed by atoms with E-state index >= 15 is 0 Å². The van der Waals surface area contributed by atoms with Gasteiger partial charge in [-0.05, 0) is 40.0 Å². The number of hydrazine groups is 1. The fourth-order valence-corrected chi connectivity index (χ4v) is 2.10. The molecule has 1 rings (SSSR count). The average molecular weight is 257 g/mol. The molecule has 0 bridgehead atoms. The van der Waals surface area contributed by atoms with E-state index in [9.17, 15) is 4.79 Å². The van der Waals surface area contributed by atoms with Crippen molar-refractivity contribution >= 4 is 6.09 Å². The zero-order valence-corrected chi connectivity index (χ0v) is 12.3. The topological polar surface area (TPSA) is 44.8 Å². The first-order valence-electron chi connectivity index (χ1n) is 6.69. The number of hydrogen-bond acceptors (Lipinski definition) is 4. The second-order valence-electron chi connectivity index (χ2n) is 6.12. The molecular weight excluding hydrogens is 230 g/mol. The molecule has 5 heteroatoms. The van der Waals surface area contributed by atoms with Crippen molar-refractivity contribution < 1.29 is 9.53 Å². The summed E-state index contributed by atoms with van der Waals surface area (Å²) in [6.07, 6.45) is 2.90. The maximum atomic E-state index is 12.0. The summed E-state index contributed by atoms with van der Waals surface area (Å²) >= 11 is 0. The molecule has 1 saturated heterocycles. The predicted molar refractivity (Wildman–Crippen MR) is 72.3 cm³/mol. The average Bonchev–Trinajstić information content (AvgIpc) is 2.39. The van der Waals surface area contributed by atoms with Gasteiger partial charge in [0.05, 0.1) is 0 Å². The van der Waals surface area contributed by atoms with Crippen LogP contribution in [0.5, 0.6) is 0 Å². The van der Waals surface area contributed by atoms with Gasteiger partial charge < -0.3 is 9.64 Å². The van der Waals surface area contributed by atoms with Crippen LogP contribution in [0.4, 0.5) is 4.79 Å². The molecule has 0 saturated carbocycles. The normalized spacial score (nSPS) is 21.9. The van der Waals surface area contributed by atoms with E-state index in [1.165, 1.54) is 0 Å². The lowest BCUT2D eigenvalue weighted by atomic mass is 10.1. The summed E-state index contributed by atoms with van der Waals surface area (Å²) in [5, 5.41) is 1.98. The monoisotopic (exact) mass is 257 g/mol. The summed E-state index contributed by atoms with van der Waals surface area (Å²) in [4.78, 5) is 13.8. The zero-order valence-electron chi connectivity index (χ0n) is 12.3. The number of carbonyl (C=O) groups excluding carboxylic acids is 1. The summed E-state index contributed by atoms with van der Waals surface area (Å²) in [7, 11) is 3.99. The van der Waals surface area contributed by atoms with E-state index in [1.807, 2.05) is 44.8 Å². The SMILES string of the molecule is CN(C)NC1CCCN(C(=O)OC(C)(C)C)CC1. The Morgan fingerprint density at radius 3 is 2.50 bits per heavy atom. The van der Waals surface area contributed by atoms with Crippen molar-refractivity contribution in [3.8, 4) is 0 Å². The second kappa shape index (κ2) is 6.38. The molecule has 1 atom stereocenters. The highest BCUT2D eigenvalue weighted by Gasteiger charge is 2.25. The van der Waals surface area contributed by atoms with Crippen LogP contribution in [0, 0.1) is 0 Å². The Labute approximate surface area is 110 Å². The van der Waals surface area contributed by atoms with Crippen molar-refractivity contribution in [1.82, 2.24) is 15.3 Å². The maximum Gasteiger partial charge on any atom is 0.410 e. The highest BCUT2D eigenvalue weighted by Crippen LogP contribution is 2.15. The van der Waals surface area contributed by atoms with Crippen LogP contribution in [0.15, 0.2) is 0 Å². The molecule has 1 fully saturated rings. The number of ether oxygens (including phenoxy) is 1. The highest BCUT2D eigenvalue weighted by molar-refractivity contribution is 5.68. The Morgan fingerprint density at radius 2 is 1.94 bits per heavy atom. The molecule has 1 aliphatic heterocycles. The summed E-state index contributed by atoms with van der Waals surface area (Å²) in [6, 6.07) is 0.451. The molecule has 0 spiro atoms. The summed E-state index contributed by atoms with van der Waals surface area (Å²) in [5.41, 5.74) is 2.97. The molecule has 1 amide bonds. The Balaban J connectivity index is 2.44. The van der Waals surface area contributed by atoms with Crippen molar-refractivity contribution in [2.24, 2.45) is 0 Å². The van der Waals surface area contributed by atoms with E-state index in [0.29, 0.717) is 6.04 Å². The molecule has 0 aromatic heterocycles. The third-order valence-electron chi connectivity index (χ3n) is 2.82. The van der Waals surface area contributed by atoms with Gasteiger partial charge in [-0.25, -0.2) is 4.79 Å². The summed E-state index contributed by atoms with van der Waals surface area (Å²) < 4.78 is 5.41. The van der Waals surface area contributed by atoms with Crippen molar-refractivity contribution in [1.29, 1.82) is 0 Å². The van der Waals surface area contributed by atoms with Gasteiger partial charge in [-0.3, -0.25) is 10.4 Å². The molecule has 18 heavy (non-hydrogen) atoms. The van der Waals surface area contributed by atoms with Gasteiger partial charge in [-0.15, -0.1) is 0 Å². The standard InChI is InChI=1S/C13H27N3O2/c1-13(2,3)18-12(17)16-9-6-7-11(8-10-16)14-15(4)5/h11,14H,6-10H2,1-5H3. The maximum absolute atomic E-state index is 12.0. The van der Waals surface area contributed by atoms with Gasteiger partial charge >= 0.3 is 6.09 Å². The molecule has 1 heterocycles. The Morgan fingerprint density at radius 1 is 1.28 bits per heavy atom. The quantitative estimate of drug-likeness (QED) is 0.767. The van der Waals surface area contributed by atoms with E-state index in [-0.39, 0.29) is 6.09 Å². The van der Waals surface area contributed by atoms with Gasteiger partial charge in [0, 0.05) is 33.2 Å². The molecule has 1 N–H and O–H groups in total. The van der Waals surface area contributed by atoms with E-state index < -0.39 is 5.60 Å². The van der Waals surface area contributed by atoms with Crippen LogP contribution >= 0.6 is 0 Å². The van der Waals surface area contributed by atoms with Gasteiger partial charge in [-0.1, -0.05) is 0 Å². The van der Waals surface area contributed by atoms with Gasteiger partial charge in [0.2, 0.25) is 0 Å². The van der Waals surface area contributed by atoms with Crippen molar-refractivity contribution in [2.75, 3.05) is 27.2 Å². The number of nitrogens with zero attached hydrogens (tertiary/aromatic N) is 2. The lowest BCUT2D eigenvalue weighted by Gasteiger charge is -2.26. The number of nitrogens with one attached hydrogen (secondary N) is 1. The van der Waals surface area contributed by atoms with Crippen LogP contribution in [0.3, 0.4) is 0 Å². The number of hydrogen-bond donors (Lipinski definition) is 1. The Kier molecular flexibility index (Phi) is 5.41. The van der Waals surface area contributed by atoms with Gasteiger partial charge in [-0.2, -0.15) is 0 Å². The highest BCUT2D eigenvalue weighted by atomic mass is 16.6. The first-order valence-corrected chi connectivity index (χ1v) is 6.69. The lowest BCUT2D eigenvalue weighted by Crippen LogP contribution is -2.41. The van der Waals surface area contributed by atoms with E-state index in [0.717, 1.165) is 32.4 Å². The molecular formula is C13H27N3O2. The molecule has 5 nitrogen and oxygen atoms in total. The van der Waals surface area contributed by atoms with Crippen molar-refractivity contribution in [3.63, 3.8) is 0 Å². The van der Waals surface area contributed by atoms with Crippen LogP contribution in [0.1, 0.15) is 40.0 Å². The minimum absolute atomic E-state index is 0.187. The summed E-state index contributed by atoms with van der Waals surface area (Å²) in [5.74, 6) is 0. The second-order valence-corrected chi connectivity index (χ2v) is 6.12. The fraction of sp³-hybridized carbons (Fsp3) is 0.923. The smallest absolute Gasteiger partial charge is 0.410 e. The van der Waals surface area contributed by atoms with E-state index in [1.54, 1.807) is 0 Å². The molecule has 0 radical (unpaired) electrons.